The van der Waals surface area contributed by atoms with E-state index in [1.807, 2.05) is 59.9 Å². The van der Waals surface area contributed by atoms with E-state index in [0.29, 0.717) is 5.90 Å². The summed E-state index contributed by atoms with van der Waals surface area (Å²) in [6.45, 7) is 20.6. The summed E-state index contributed by atoms with van der Waals surface area (Å²) in [5.74, 6) is 1.57. The van der Waals surface area contributed by atoms with Crippen LogP contribution in [0.2, 0.25) is 0 Å². The van der Waals surface area contributed by atoms with Crippen LogP contribution in [0.15, 0.2) is 75.6 Å². The molecule has 0 aromatic heterocycles. The van der Waals surface area contributed by atoms with Crippen LogP contribution >= 0.6 is 0 Å². The first-order valence-electron chi connectivity index (χ1n) is 17.4. The molecule has 0 aromatic carbocycles. The Morgan fingerprint density at radius 1 is 1.02 bits per heavy atom. The number of carbonyl (C=O) groups is 1. The highest BCUT2D eigenvalue weighted by Gasteiger charge is 2.19. The number of hydrazine groups is 1. The maximum absolute atomic E-state index is 10.4. The first-order valence-corrected chi connectivity index (χ1v) is 17.4. The fourth-order valence-corrected chi connectivity index (χ4v) is 4.57. The molecule has 46 heavy (non-hydrogen) atoms. The maximum Gasteiger partial charge on any atom is 0.306 e. The minimum absolute atomic E-state index is 0.0289. The van der Waals surface area contributed by atoms with Crippen molar-refractivity contribution in [3.05, 3.63) is 70.6 Å². The lowest BCUT2D eigenvalue weighted by Gasteiger charge is -2.20. The number of methoxy groups -OCH3 is 1. The van der Waals surface area contributed by atoms with Crippen LogP contribution in [0.3, 0.4) is 0 Å². The van der Waals surface area contributed by atoms with Gasteiger partial charge in [-0.3, -0.25) is 4.79 Å². The van der Waals surface area contributed by atoms with E-state index < -0.39 is 5.97 Å². The monoisotopic (exact) mass is 645 g/mol. The van der Waals surface area contributed by atoms with Gasteiger partial charge in [0.25, 0.3) is 0 Å². The summed E-state index contributed by atoms with van der Waals surface area (Å²) < 4.78 is 11.5. The number of nitrogens with zero attached hydrogens (tertiary/aromatic N) is 1. The average molecular weight is 645 g/mol. The molecule has 0 heterocycles. The Balaban J connectivity index is 0. The van der Waals surface area contributed by atoms with Gasteiger partial charge >= 0.3 is 5.97 Å². The Kier molecular flexibility index (Phi) is 28.4. The zero-order valence-electron chi connectivity index (χ0n) is 31.3. The van der Waals surface area contributed by atoms with Crippen molar-refractivity contribution in [2.24, 2.45) is 10.9 Å². The van der Waals surface area contributed by atoms with Crippen molar-refractivity contribution in [1.29, 1.82) is 0 Å². The lowest BCUT2D eigenvalue weighted by atomic mass is 9.90. The average Bonchev–Trinajstić information content (AvgIpc) is 3.04. The number of allylic oxidation sites excluding steroid dienone is 8. The second-order valence-corrected chi connectivity index (χ2v) is 11.1. The van der Waals surface area contributed by atoms with Crippen LogP contribution in [-0.2, 0) is 14.3 Å². The molecule has 0 spiro atoms. The first kappa shape index (κ1) is 44.9. The molecule has 0 bridgehead atoms. The van der Waals surface area contributed by atoms with Crippen LogP contribution in [0.1, 0.15) is 133 Å². The van der Waals surface area contributed by atoms with Gasteiger partial charge in [0.15, 0.2) is 0 Å². The fourth-order valence-electron chi connectivity index (χ4n) is 4.57. The van der Waals surface area contributed by atoms with Gasteiger partial charge in [-0.2, -0.15) is 4.99 Å². The van der Waals surface area contributed by atoms with Gasteiger partial charge in [0.1, 0.15) is 11.6 Å². The molecule has 1 rings (SSSR count). The number of hydrogen-bond acceptors (Lipinski definition) is 7. The van der Waals surface area contributed by atoms with Crippen LogP contribution in [0.4, 0.5) is 0 Å². The molecule has 0 atom stereocenters. The molecule has 1 saturated carbocycles. The van der Waals surface area contributed by atoms with Crippen molar-refractivity contribution in [3.8, 4) is 0 Å². The Morgan fingerprint density at radius 3 is 2.13 bits per heavy atom. The minimum atomic E-state index is -0.602. The molecule has 0 saturated heterocycles. The molecule has 264 valence electrons. The van der Waals surface area contributed by atoms with Gasteiger partial charge < -0.3 is 25.3 Å². The number of nitrogens with one attached hydrogen (secondary N) is 3. The highest BCUT2D eigenvalue weighted by atomic mass is 16.5. The number of carboxylic acid groups (broad SMARTS) is 1. The lowest BCUT2D eigenvalue weighted by Crippen LogP contribution is -2.31. The lowest BCUT2D eigenvalue weighted by molar-refractivity contribution is -0.142. The number of unbranched alkanes of at least 4 members (excludes halogenated alkanes) is 1. The third-order valence-corrected chi connectivity index (χ3v) is 6.86. The van der Waals surface area contributed by atoms with Crippen molar-refractivity contribution in [2.45, 2.75) is 140 Å². The van der Waals surface area contributed by atoms with Gasteiger partial charge in [0, 0.05) is 12.7 Å². The first-order chi connectivity index (χ1) is 22.1. The number of carboxylic acids is 1. The summed E-state index contributed by atoms with van der Waals surface area (Å²) in [5, 5.41) is 12.1. The van der Waals surface area contributed by atoms with Crippen molar-refractivity contribution in [3.63, 3.8) is 0 Å². The van der Waals surface area contributed by atoms with Gasteiger partial charge in [0.2, 0.25) is 5.90 Å². The number of aliphatic imine (C=N–C) groups is 1. The summed E-state index contributed by atoms with van der Waals surface area (Å²) in [4.78, 5) is 15.1. The van der Waals surface area contributed by atoms with Crippen molar-refractivity contribution >= 4 is 11.9 Å². The molecule has 1 aliphatic rings. The van der Waals surface area contributed by atoms with Crippen LogP contribution in [0.5, 0.6) is 0 Å². The van der Waals surface area contributed by atoms with E-state index in [2.05, 4.69) is 69.0 Å². The molecule has 8 heteroatoms. The van der Waals surface area contributed by atoms with E-state index in [4.69, 9.17) is 19.6 Å². The second kappa shape index (κ2) is 29.2. The van der Waals surface area contributed by atoms with Crippen LogP contribution in [-0.4, -0.2) is 37.2 Å². The van der Waals surface area contributed by atoms with Crippen LogP contribution in [0, 0.1) is 5.92 Å². The molecule has 1 fully saturated rings. The number of aliphatic carboxylic acids is 1. The molecular formula is C38H68N4O4. The van der Waals surface area contributed by atoms with Crippen molar-refractivity contribution in [2.75, 3.05) is 14.2 Å². The highest BCUT2D eigenvalue weighted by molar-refractivity contribution is 5.88. The third kappa shape index (κ3) is 20.7. The molecule has 0 aliphatic heterocycles. The molecular weight excluding hydrogens is 576 g/mol. The topological polar surface area (TPSA) is 104 Å². The van der Waals surface area contributed by atoms with Gasteiger partial charge in [-0.25, -0.2) is 5.43 Å². The van der Waals surface area contributed by atoms with E-state index in [1.165, 1.54) is 6.42 Å². The quantitative estimate of drug-likeness (QED) is 0.0411. The van der Waals surface area contributed by atoms with Crippen molar-refractivity contribution in [1.82, 2.24) is 16.2 Å². The Morgan fingerprint density at radius 2 is 1.67 bits per heavy atom. The summed E-state index contributed by atoms with van der Waals surface area (Å²) in [5.41, 5.74) is 10.6. The molecule has 0 aromatic rings. The standard InChI is InChI=1S/C29H50N4O2.C7H12O2.C2H6/c1-11-15-16-19-28(35-22(5)6)32-27(14-4)31-25(18-13-3)29(33-30-9)24(8)20-21-26(34-10)23(7)17-12-2;8-7(9)6-4-2-1-3-5-6;1-2/h14,16-17,19-22,30-31,33H,11-13,15,18H2,1-10H3;6H,1-5H2,(H,8,9);1-2H3/b19-16+,23-17+,24-20+,26-21+,27-14-,29-25+,32-28+;;. The van der Waals surface area contributed by atoms with E-state index >= 15 is 0 Å². The van der Waals surface area contributed by atoms with Gasteiger partial charge in [-0.15, -0.1) is 0 Å². The van der Waals surface area contributed by atoms with E-state index in [9.17, 15) is 4.79 Å². The molecule has 8 nitrogen and oxygen atoms in total. The second-order valence-electron chi connectivity index (χ2n) is 11.1. The summed E-state index contributed by atoms with van der Waals surface area (Å²) >= 11 is 0. The fraction of sp³-hybridized carbons (Fsp3) is 0.632. The van der Waals surface area contributed by atoms with Gasteiger partial charge in [0.05, 0.1) is 24.8 Å². The largest absolute Gasteiger partial charge is 0.497 e. The van der Waals surface area contributed by atoms with Crippen LogP contribution in [0.25, 0.3) is 0 Å². The van der Waals surface area contributed by atoms with Crippen molar-refractivity contribution < 1.29 is 19.4 Å². The Hall–Kier alpha value is -3.26. The normalized spacial score (nSPS) is 15.8. The predicted octanol–water partition coefficient (Wildman–Crippen LogP) is 9.86. The number of ether oxygens (including phenoxy) is 2. The summed E-state index contributed by atoms with van der Waals surface area (Å²) in [6, 6.07) is 0. The van der Waals surface area contributed by atoms with Crippen LogP contribution < -0.4 is 16.2 Å². The molecule has 0 radical (unpaired) electrons. The van der Waals surface area contributed by atoms with E-state index in [1.54, 1.807) is 7.11 Å². The number of rotatable bonds is 17. The van der Waals surface area contributed by atoms with Gasteiger partial charge in [-0.1, -0.05) is 85.0 Å². The Bertz CT molecular complexity index is 1040. The summed E-state index contributed by atoms with van der Waals surface area (Å²) in [6.07, 6.45) is 22.4. The smallest absolute Gasteiger partial charge is 0.306 e. The molecule has 1 aliphatic carbocycles. The minimum Gasteiger partial charge on any atom is -0.497 e. The molecule has 0 unspecified atom stereocenters. The zero-order chi connectivity index (χ0) is 35.3. The summed E-state index contributed by atoms with van der Waals surface area (Å²) in [7, 11) is 3.57. The van der Waals surface area contributed by atoms with E-state index in [-0.39, 0.29) is 12.0 Å². The predicted molar refractivity (Wildman–Crippen MR) is 197 cm³/mol. The molecule has 4 N–H and O–H groups in total. The number of hydrogen-bond donors (Lipinski definition) is 4. The molecule has 0 amide bonds. The van der Waals surface area contributed by atoms with Gasteiger partial charge in [-0.05, 0) is 96.1 Å². The third-order valence-electron chi connectivity index (χ3n) is 6.86. The highest BCUT2D eigenvalue weighted by Crippen LogP contribution is 2.23. The zero-order valence-corrected chi connectivity index (χ0v) is 31.3. The van der Waals surface area contributed by atoms with E-state index in [0.717, 1.165) is 91.9 Å². The maximum atomic E-state index is 10.4. The Labute approximate surface area is 282 Å². The SMILES string of the molecule is CC.C\C=C(/N=C(\C=C\CCC)OC(C)C)N\C(CCC)=C(NNC)/C(C)=C/C=C(OC)\C(C)=C\CC.O=C(O)C1CCCCC1.